The minimum Gasteiger partial charge on any atom is -0.336 e. The van der Waals surface area contributed by atoms with Crippen LogP contribution in [0.2, 0.25) is 0 Å². The van der Waals surface area contributed by atoms with Crippen LogP contribution in [0.25, 0.3) is 0 Å². The first kappa shape index (κ1) is 20.1. The van der Waals surface area contributed by atoms with E-state index in [9.17, 15) is 18.0 Å². The molecule has 1 amide bonds. The maximum absolute atomic E-state index is 12.0. The maximum Gasteiger partial charge on any atom is 0.406 e. The van der Waals surface area contributed by atoms with Crippen LogP contribution < -0.4 is 5.32 Å². The molecule has 9 heteroatoms. The van der Waals surface area contributed by atoms with Gasteiger partial charge in [0.15, 0.2) is 0 Å². The highest BCUT2D eigenvalue weighted by molar-refractivity contribution is 5.85. The largest absolute Gasteiger partial charge is 0.406 e. The monoisotopic (exact) mass is 311 g/mol. The fourth-order valence-electron chi connectivity index (χ4n) is 1.54. The number of amides is 1. The van der Waals surface area contributed by atoms with E-state index in [0.29, 0.717) is 13.1 Å². The Balaban J connectivity index is 0. The van der Waals surface area contributed by atoms with Gasteiger partial charge in [-0.25, -0.2) is 0 Å². The Morgan fingerprint density at radius 1 is 1.28 bits per heavy atom. The highest BCUT2D eigenvalue weighted by Gasteiger charge is 2.31. The third-order valence-electron chi connectivity index (χ3n) is 2.41. The van der Waals surface area contributed by atoms with E-state index in [4.69, 9.17) is 0 Å². The summed E-state index contributed by atoms with van der Waals surface area (Å²) < 4.78 is 36.1. The van der Waals surface area contributed by atoms with Crippen molar-refractivity contribution >= 4 is 30.7 Å². The van der Waals surface area contributed by atoms with E-state index < -0.39 is 18.6 Å². The summed E-state index contributed by atoms with van der Waals surface area (Å²) >= 11 is 0. The SMILES string of the molecule is CN(CC(F)(F)F)C(=O)CN1CCNCC1.Cl.Cl. The van der Waals surface area contributed by atoms with Crippen molar-refractivity contribution in [1.82, 2.24) is 15.1 Å². The topological polar surface area (TPSA) is 35.6 Å². The zero-order valence-electron chi connectivity index (χ0n) is 10.00. The molecule has 0 atom stereocenters. The molecule has 110 valence electrons. The molecule has 0 aliphatic carbocycles. The zero-order chi connectivity index (χ0) is 12.2. The van der Waals surface area contributed by atoms with Crippen molar-refractivity contribution in [3.63, 3.8) is 0 Å². The minimum absolute atomic E-state index is 0. The van der Waals surface area contributed by atoms with E-state index in [2.05, 4.69) is 5.32 Å². The van der Waals surface area contributed by atoms with Crippen LogP contribution in [0.5, 0.6) is 0 Å². The average Bonchev–Trinajstić information content (AvgIpc) is 2.16. The molecule has 1 fully saturated rings. The standard InChI is InChI=1S/C9H16F3N3O.2ClH/c1-14(7-9(10,11)12)8(16)6-15-4-2-13-3-5-15;;/h13H,2-7H2,1H3;2*1H. The number of likely N-dealkylation sites (N-methyl/N-ethyl adjacent to an activating group) is 1. The van der Waals surface area contributed by atoms with Crippen molar-refractivity contribution in [3.05, 3.63) is 0 Å². The van der Waals surface area contributed by atoms with E-state index in [1.165, 1.54) is 7.05 Å². The van der Waals surface area contributed by atoms with Crippen molar-refractivity contribution in [2.24, 2.45) is 0 Å². The molecular formula is C9H18Cl2F3N3O. The van der Waals surface area contributed by atoms with Gasteiger partial charge in [-0.15, -0.1) is 24.8 Å². The smallest absolute Gasteiger partial charge is 0.336 e. The van der Waals surface area contributed by atoms with Crippen molar-refractivity contribution in [2.75, 3.05) is 46.3 Å². The lowest BCUT2D eigenvalue weighted by molar-refractivity contribution is -0.159. The molecule has 1 aliphatic rings. The molecule has 0 bridgehead atoms. The summed E-state index contributed by atoms with van der Waals surface area (Å²) in [7, 11) is 1.18. The second-order valence-corrected chi connectivity index (χ2v) is 3.89. The fourth-order valence-corrected chi connectivity index (χ4v) is 1.54. The van der Waals surface area contributed by atoms with Gasteiger partial charge < -0.3 is 10.2 Å². The van der Waals surface area contributed by atoms with Gasteiger partial charge in [0.1, 0.15) is 6.54 Å². The van der Waals surface area contributed by atoms with Crippen LogP contribution in [0.15, 0.2) is 0 Å². The first-order valence-corrected chi connectivity index (χ1v) is 5.12. The molecular weight excluding hydrogens is 294 g/mol. The van der Waals surface area contributed by atoms with Gasteiger partial charge in [-0.3, -0.25) is 9.69 Å². The van der Waals surface area contributed by atoms with Gasteiger partial charge in [-0.05, 0) is 0 Å². The van der Waals surface area contributed by atoms with Gasteiger partial charge in [0.2, 0.25) is 5.91 Å². The molecule has 1 heterocycles. The Kier molecular flexibility index (Phi) is 9.81. The molecule has 0 spiro atoms. The normalized spacial score (nSPS) is 16.4. The number of alkyl halides is 3. The van der Waals surface area contributed by atoms with Crippen molar-refractivity contribution < 1.29 is 18.0 Å². The second kappa shape index (κ2) is 8.79. The first-order valence-electron chi connectivity index (χ1n) is 5.12. The molecule has 18 heavy (non-hydrogen) atoms. The molecule has 1 N–H and O–H groups in total. The molecule has 0 unspecified atom stereocenters. The maximum atomic E-state index is 12.0. The van der Waals surface area contributed by atoms with Gasteiger partial charge in [0, 0.05) is 33.2 Å². The summed E-state index contributed by atoms with van der Waals surface area (Å²) in [6.07, 6.45) is -4.33. The summed E-state index contributed by atoms with van der Waals surface area (Å²) in [5.41, 5.74) is 0. The summed E-state index contributed by atoms with van der Waals surface area (Å²) in [5.74, 6) is -0.487. The Morgan fingerprint density at radius 2 is 1.78 bits per heavy atom. The number of hydrogen-bond acceptors (Lipinski definition) is 3. The summed E-state index contributed by atoms with van der Waals surface area (Å²) in [4.78, 5) is 14.0. The molecule has 1 rings (SSSR count). The summed E-state index contributed by atoms with van der Waals surface area (Å²) in [5, 5.41) is 3.11. The molecule has 0 aromatic rings. The molecule has 0 aromatic heterocycles. The van der Waals surface area contributed by atoms with E-state index in [0.717, 1.165) is 18.0 Å². The highest BCUT2D eigenvalue weighted by Crippen LogP contribution is 2.15. The Morgan fingerprint density at radius 3 is 2.22 bits per heavy atom. The number of halogens is 5. The minimum atomic E-state index is -4.33. The Hall–Kier alpha value is -0.240. The van der Waals surface area contributed by atoms with Gasteiger partial charge >= 0.3 is 6.18 Å². The molecule has 1 aliphatic heterocycles. The van der Waals surface area contributed by atoms with Crippen molar-refractivity contribution in [3.8, 4) is 0 Å². The molecule has 0 saturated carbocycles. The van der Waals surface area contributed by atoms with Crippen LogP contribution in [0.1, 0.15) is 0 Å². The first-order chi connectivity index (χ1) is 7.38. The third kappa shape index (κ3) is 7.97. The van der Waals surface area contributed by atoms with Crippen LogP contribution in [-0.2, 0) is 4.79 Å². The molecule has 0 radical (unpaired) electrons. The predicted octanol–water partition coefficient (Wildman–Crippen LogP) is 0.756. The zero-order valence-corrected chi connectivity index (χ0v) is 11.6. The van der Waals surface area contributed by atoms with Crippen LogP contribution >= 0.6 is 24.8 Å². The second-order valence-electron chi connectivity index (χ2n) is 3.89. The van der Waals surface area contributed by atoms with E-state index in [-0.39, 0.29) is 31.4 Å². The number of rotatable bonds is 3. The fraction of sp³-hybridized carbons (Fsp3) is 0.889. The molecule has 4 nitrogen and oxygen atoms in total. The van der Waals surface area contributed by atoms with E-state index in [1.807, 2.05) is 4.90 Å². The van der Waals surface area contributed by atoms with Gasteiger partial charge in [0.25, 0.3) is 0 Å². The molecule has 0 aromatic carbocycles. The van der Waals surface area contributed by atoms with Crippen LogP contribution in [0, 0.1) is 0 Å². The lowest BCUT2D eigenvalue weighted by atomic mass is 10.3. The number of carbonyl (C=O) groups excluding carboxylic acids is 1. The number of nitrogens with zero attached hydrogens (tertiary/aromatic N) is 2. The summed E-state index contributed by atoms with van der Waals surface area (Å²) in [6.45, 7) is 1.83. The quantitative estimate of drug-likeness (QED) is 0.836. The van der Waals surface area contributed by atoms with Crippen molar-refractivity contribution in [2.45, 2.75) is 6.18 Å². The van der Waals surface area contributed by atoms with E-state index >= 15 is 0 Å². The van der Waals surface area contributed by atoms with Gasteiger partial charge in [0.05, 0.1) is 6.54 Å². The van der Waals surface area contributed by atoms with Gasteiger partial charge in [-0.1, -0.05) is 0 Å². The highest BCUT2D eigenvalue weighted by atomic mass is 35.5. The van der Waals surface area contributed by atoms with E-state index in [1.54, 1.807) is 0 Å². The average molecular weight is 312 g/mol. The summed E-state index contributed by atoms with van der Waals surface area (Å²) in [6, 6.07) is 0. The van der Waals surface area contributed by atoms with Crippen LogP contribution in [-0.4, -0.2) is 68.2 Å². The predicted molar refractivity (Wildman–Crippen MR) is 67.5 cm³/mol. The van der Waals surface area contributed by atoms with Gasteiger partial charge in [-0.2, -0.15) is 13.2 Å². The lowest BCUT2D eigenvalue weighted by Crippen LogP contribution is -2.48. The Labute approximate surface area is 117 Å². The number of hydrogen-bond donors (Lipinski definition) is 1. The number of carbonyl (C=O) groups is 1. The number of nitrogens with one attached hydrogen (secondary N) is 1. The number of piperazine rings is 1. The molecule has 1 saturated heterocycles. The van der Waals surface area contributed by atoms with Crippen LogP contribution in [0.3, 0.4) is 0 Å². The van der Waals surface area contributed by atoms with Crippen molar-refractivity contribution in [1.29, 1.82) is 0 Å². The third-order valence-corrected chi connectivity index (χ3v) is 2.41. The lowest BCUT2D eigenvalue weighted by Gasteiger charge is -2.28. The Bertz CT molecular complexity index is 248. The van der Waals surface area contributed by atoms with Crippen LogP contribution in [0.4, 0.5) is 13.2 Å².